The minimum atomic E-state index is -1.12. The average molecular weight is 388 g/mol. The van der Waals surface area contributed by atoms with E-state index in [1.54, 1.807) is 52.1 Å². The Bertz CT molecular complexity index is 922. The molecule has 0 unspecified atom stereocenters. The Balaban J connectivity index is 1.82. The number of ether oxygens (including phenoxy) is 1. The highest BCUT2D eigenvalue weighted by atomic mass is 32.1. The number of fused-ring (bicyclic) bond motifs is 1. The van der Waals surface area contributed by atoms with Crippen LogP contribution in [0, 0.1) is 6.92 Å². The van der Waals surface area contributed by atoms with Gasteiger partial charge in [0.2, 0.25) is 5.91 Å². The molecule has 0 radical (unpaired) electrons. The summed E-state index contributed by atoms with van der Waals surface area (Å²) in [6, 6.07) is 7.00. The maximum atomic E-state index is 12.9. The maximum Gasteiger partial charge on any atom is 0.343 e. The number of para-hydroxylation sites is 2. The Morgan fingerprint density at radius 1 is 1.33 bits per heavy atom. The molecule has 1 aromatic carbocycles. The fourth-order valence-electron chi connectivity index (χ4n) is 2.94. The predicted molar refractivity (Wildman–Crippen MR) is 103 cm³/mol. The van der Waals surface area contributed by atoms with Crippen molar-refractivity contribution >= 4 is 45.7 Å². The molecular formula is C18H20N4O4S. The minimum absolute atomic E-state index is 0.309. The van der Waals surface area contributed by atoms with Crippen LogP contribution in [0.3, 0.4) is 0 Å². The van der Waals surface area contributed by atoms with Crippen LogP contribution in [0.2, 0.25) is 0 Å². The second kappa shape index (κ2) is 6.99. The van der Waals surface area contributed by atoms with Crippen molar-refractivity contribution in [2.45, 2.75) is 26.3 Å². The molecule has 9 heteroatoms. The van der Waals surface area contributed by atoms with Gasteiger partial charge in [-0.25, -0.2) is 4.79 Å². The van der Waals surface area contributed by atoms with E-state index in [2.05, 4.69) is 15.0 Å². The van der Waals surface area contributed by atoms with Crippen molar-refractivity contribution in [2.24, 2.45) is 0 Å². The Labute approximate surface area is 160 Å². The third-order valence-electron chi connectivity index (χ3n) is 4.38. The number of amides is 2. The van der Waals surface area contributed by atoms with Crippen molar-refractivity contribution in [1.29, 1.82) is 0 Å². The van der Waals surface area contributed by atoms with Crippen molar-refractivity contribution in [3.63, 3.8) is 0 Å². The molecule has 27 heavy (non-hydrogen) atoms. The van der Waals surface area contributed by atoms with E-state index in [-0.39, 0.29) is 5.91 Å². The third-order valence-corrected chi connectivity index (χ3v) is 5.33. The van der Waals surface area contributed by atoms with Crippen molar-refractivity contribution < 1.29 is 19.1 Å². The highest BCUT2D eigenvalue weighted by Crippen LogP contribution is 2.36. The van der Waals surface area contributed by atoms with Gasteiger partial charge in [-0.05, 0) is 44.4 Å². The normalized spacial score (nSPS) is 15.0. The summed E-state index contributed by atoms with van der Waals surface area (Å²) in [7, 11) is 1.68. The number of esters is 1. The molecule has 2 N–H and O–H groups in total. The number of hydrogen-bond donors (Lipinski definition) is 2. The molecule has 2 aromatic rings. The molecule has 0 atom stereocenters. The van der Waals surface area contributed by atoms with Crippen LogP contribution in [-0.4, -0.2) is 41.4 Å². The number of carbonyl (C=O) groups excluding carboxylic acids is 3. The molecule has 1 aliphatic heterocycles. The molecule has 0 spiro atoms. The lowest BCUT2D eigenvalue weighted by molar-refractivity contribution is -0.128. The molecule has 0 aliphatic carbocycles. The Hall–Kier alpha value is -2.94. The molecule has 142 valence electrons. The van der Waals surface area contributed by atoms with Gasteiger partial charge in [-0.1, -0.05) is 12.1 Å². The molecule has 3 rings (SSSR count). The summed E-state index contributed by atoms with van der Waals surface area (Å²) in [5.74, 6) is -1.43. The van der Waals surface area contributed by atoms with E-state index in [0.717, 1.165) is 11.5 Å². The van der Waals surface area contributed by atoms with Gasteiger partial charge >= 0.3 is 5.97 Å². The first kappa shape index (κ1) is 18.8. The van der Waals surface area contributed by atoms with Gasteiger partial charge in [0.25, 0.3) is 5.91 Å². The number of aromatic nitrogens is 1. The van der Waals surface area contributed by atoms with Crippen molar-refractivity contribution in [1.82, 2.24) is 4.37 Å². The summed E-state index contributed by atoms with van der Waals surface area (Å²) < 4.78 is 9.35. The molecule has 8 nitrogen and oxygen atoms in total. The van der Waals surface area contributed by atoms with E-state index in [0.29, 0.717) is 27.6 Å². The highest BCUT2D eigenvalue weighted by Gasteiger charge is 2.43. The lowest BCUT2D eigenvalue weighted by Gasteiger charge is -2.41. The second-order valence-electron chi connectivity index (χ2n) is 6.56. The van der Waals surface area contributed by atoms with Crippen LogP contribution in [0.25, 0.3) is 0 Å². The van der Waals surface area contributed by atoms with E-state index in [1.807, 2.05) is 0 Å². The van der Waals surface area contributed by atoms with Crippen LogP contribution < -0.4 is 15.5 Å². The van der Waals surface area contributed by atoms with Gasteiger partial charge in [0.15, 0.2) is 6.61 Å². The number of nitrogens with zero attached hydrogens (tertiary/aromatic N) is 2. The predicted octanol–water partition coefficient (Wildman–Crippen LogP) is 2.41. The average Bonchev–Trinajstić information content (AvgIpc) is 3.01. The van der Waals surface area contributed by atoms with Crippen LogP contribution in [0.1, 0.15) is 29.9 Å². The van der Waals surface area contributed by atoms with Crippen LogP contribution in [-0.2, 0) is 14.3 Å². The number of nitrogens with one attached hydrogen (secondary N) is 2. The number of aryl methyl sites for hydroxylation is 1. The number of carbonyl (C=O) groups is 3. The van der Waals surface area contributed by atoms with Gasteiger partial charge in [-0.3, -0.25) is 14.5 Å². The lowest BCUT2D eigenvalue weighted by atomic mass is 9.96. The Kier molecular flexibility index (Phi) is 4.88. The van der Waals surface area contributed by atoms with Crippen LogP contribution in [0.15, 0.2) is 24.3 Å². The van der Waals surface area contributed by atoms with Crippen molar-refractivity contribution in [3.8, 4) is 0 Å². The van der Waals surface area contributed by atoms with Gasteiger partial charge in [-0.15, -0.1) is 0 Å². The quantitative estimate of drug-likeness (QED) is 0.780. The number of anilines is 3. The van der Waals surface area contributed by atoms with Crippen molar-refractivity contribution in [3.05, 3.63) is 35.5 Å². The van der Waals surface area contributed by atoms with E-state index in [9.17, 15) is 14.4 Å². The Morgan fingerprint density at radius 3 is 2.74 bits per heavy atom. The SMILES string of the molecule is CNc1snc(C)c1C(=O)OCC(=O)N1c2ccccc2NC(=O)C1(C)C. The van der Waals surface area contributed by atoms with Crippen molar-refractivity contribution in [2.75, 3.05) is 29.2 Å². The zero-order valence-electron chi connectivity index (χ0n) is 15.5. The first-order valence-corrected chi connectivity index (χ1v) is 9.09. The van der Waals surface area contributed by atoms with Gasteiger partial charge in [-0.2, -0.15) is 4.37 Å². The summed E-state index contributed by atoms with van der Waals surface area (Å²) in [5.41, 5.74) is 0.828. The first-order valence-electron chi connectivity index (χ1n) is 8.32. The zero-order chi connectivity index (χ0) is 19.8. The summed E-state index contributed by atoms with van der Waals surface area (Å²) in [6.45, 7) is 4.50. The third kappa shape index (κ3) is 3.25. The second-order valence-corrected chi connectivity index (χ2v) is 7.33. The smallest absolute Gasteiger partial charge is 0.343 e. The van der Waals surface area contributed by atoms with Gasteiger partial charge in [0, 0.05) is 7.05 Å². The molecule has 0 bridgehead atoms. The largest absolute Gasteiger partial charge is 0.452 e. The van der Waals surface area contributed by atoms with Crippen LogP contribution >= 0.6 is 11.5 Å². The number of hydrogen-bond acceptors (Lipinski definition) is 7. The topological polar surface area (TPSA) is 101 Å². The monoisotopic (exact) mass is 388 g/mol. The molecular weight excluding hydrogens is 368 g/mol. The molecule has 0 saturated heterocycles. The van der Waals surface area contributed by atoms with Gasteiger partial charge in [0.05, 0.1) is 17.1 Å². The fraction of sp³-hybridized carbons (Fsp3) is 0.333. The minimum Gasteiger partial charge on any atom is -0.452 e. The molecule has 2 heterocycles. The van der Waals surface area contributed by atoms with E-state index < -0.39 is 24.0 Å². The summed E-state index contributed by atoms with van der Waals surface area (Å²) in [6.07, 6.45) is 0. The fourth-order valence-corrected chi connectivity index (χ4v) is 3.68. The lowest BCUT2D eigenvalue weighted by Crippen LogP contribution is -2.59. The molecule has 0 saturated carbocycles. The molecule has 0 fully saturated rings. The summed E-state index contributed by atoms with van der Waals surface area (Å²) in [5, 5.41) is 6.25. The number of benzene rings is 1. The zero-order valence-corrected chi connectivity index (χ0v) is 16.3. The summed E-state index contributed by atoms with van der Waals surface area (Å²) in [4.78, 5) is 39.1. The molecule has 2 amide bonds. The van der Waals surface area contributed by atoms with Crippen LogP contribution in [0.4, 0.5) is 16.4 Å². The van der Waals surface area contributed by atoms with Gasteiger partial charge < -0.3 is 15.4 Å². The number of rotatable bonds is 4. The van der Waals surface area contributed by atoms with Crippen LogP contribution in [0.5, 0.6) is 0 Å². The molecule has 1 aliphatic rings. The van der Waals surface area contributed by atoms with E-state index >= 15 is 0 Å². The maximum absolute atomic E-state index is 12.9. The first-order chi connectivity index (χ1) is 12.8. The van der Waals surface area contributed by atoms with Gasteiger partial charge in [0.1, 0.15) is 16.1 Å². The Morgan fingerprint density at radius 2 is 2.04 bits per heavy atom. The van der Waals surface area contributed by atoms with E-state index in [1.165, 1.54) is 4.90 Å². The molecule has 1 aromatic heterocycles. The summed E-state index contributed by atoms with van der Waals surface area (Å²) >= 11 is 1.15. The standard InChI is InChI=1S/C18H20N4O4S/c1-10-14(15(19-4)27-21-10)16(24)26-9-13(23)22-12-8-6-5-7-11(12)20-17(25)18(22,2)3/h5-8,19H,9H2,1-4H3,(H,20,25). The highest BCUT2D eigenvalue weighted by molar-refractivity contribution is 7.10. The van der Waals surface area contributed by atoms with E-state index in [4.69, 9.17) is 4.74 Å².